The highest BCUT2D eigenvalue weighted by molar-refractivity contribution is 6.30. The summed E-state index contributed by atoms with van der Waals surface area (Å²) in [6, 6.07) is 13.3. The number of carbonyl (C=O) groups excluding carboxylic acids is 1. The summed E-state index contributed by atoms with van der Waals surface area (Å²) in [5.74, 6) is -0.145. The van der Waals surface area contributed by atoms with E-state index in [1.54, 1.807) is 18.2 Å². The minimum atomic E-state index is -0.145. The van der Waals surface area contributed by atoms with E-state index in [1.807, 2.05) is 44.2 Å². The van der Waals surface area contributed by atoms with Crippen molar-refractivity contribution in [3.05, 3.63) is 70.3 Å². The summed E-state index contributed by atoms with van der Waals surface area (Å²) in [5, 5.41) is 3.56. The number of nitrogens with one attached hydrogen (secondary N) is 1. The van der Waals surface area contributed by atoms with E-state index < -0.39 is 0 Å². The summed E-state index contributed by atoms with van der Waals surface area (Å²) in [4.78, 5) is 11.9. The van der Waals surface area contributed by atoms with E-state index in [9.17, 15) is 4.79 Å². The van der Waals surface area contributed by atoms with Gasteiger partial charge in [0.1, 0.15) is 0 Å². The van der Waals surface area contributed by atoms with Gasteiger partial charge >= 0.3 is 0 Å². The molecule has 0 fully saturated rings. The lowest BCUT2D eigenvalue weighted by molar-refractivity contribution is -0.111. The molecule has 3 heteroatoms. The highest BCUT2D eigenvalue weighted by atomic mass is 35.5. The molecule has 0 spiro atoms. The Morgan fingerprint density at radius 2 is 1.80 bits per heavy atom. The van der Waals surface area contributed by atoms with E-state index in [0.717, 1.165) is 22.4 Å². The maximum atomic E-state index is 11.9. The van der Waals surface area contributed by atoms with E-state index >= 15 is 0 Å². The van der Waals surface area contributed by atoms with Crippen LogP contribution in [0.15, 0.2) is 48.5 Å². The average molecular weight is 286 g/mol. The highest BCUT2D eigenvalue weighted by Crippen LogP contribution is 2.16. The number of anilines is 1. The highest BCUT2D eigenvalue weighted by Gasteiger charge is 2.01. The standard InChI is InChI=1S/C17H16ClNO/c1-12-3-4-13(2)16(11-12)19-17(20)10-7-14-5-8-15(18)9-6-14/h3-11H,1-2H3,(H,19,20)/b10-7+. The van der Waals surface area contributed by atoms with Crippen molar-refractivity contribution in [3.63, 3.8) is 0 Å². The Morgan fingerprint density at radius 3 is 2.50 bits per heavy atom. The normalized spacial score (nSPS) is 10.8. The summed E-state index contributed by atoms with van der Waals surface area (Å²) >= 11 is 5.81. The zero-order valence-corrected chi connectivity index (χ0v) is 12.2. The third-order valence-electron chi connectivity index (χ3n) is 2.95. The van der Waals surface area contributed by atoms with Gasteiger partial charge < -0.3 is 5.32 Å². The molecule has 0 aliphatic carbocycles. The lowest BCUT2D eigenvalue weighted by atomic mass is 10.1. The molecule has 2 aromatic rings. The molecular weight excluding hydrogens is 270 g/mol. The van der Waals surface area contributed by atoms with Crippen LogP contribution in [-0.2, 0) is 4.79 Å². The number of carbonyl (C=O) groups is 1. The molecular formula is C17H16ClNO. The predicted molar refractivity (Wildman–Crippen MR) is 85.0 cm³/mol. The van der Waals surface area contributed by atoms with Crippen LogP contribution in [-0.4, -0.2) is 5.91 Å². The molecule has 2 aromatic carbocycles. The molecule has 0 aromatic heterocycles. The number of rotatable bonds is 3. The fourth-order valence-corrected chi connectivity index (χ4v) is 1.92. The number of aryl methyl sites for hydroxylation is 2. The van der Waals surface area contributed by atoms with E-state index in [-0.39, 0.29) is 5.91 Å². The molecule has 0 radical (unpaired) electrons. The first kappa shape index (κ1) is 14.4. The van der Waals surface area contributed by atoms with Crippen LogP contribution in [0.2, 0.25) is 5.02 Å². The zero-order chi connectivity index (χ0) is 14.5. The van der Waals surface area contributed by atoms with Crippen molar-refractivity contribution in [2.75, 3.05) is 5.32 Å². The summed E-state index contributed by atoms with van der Waals surface area (Å²) in [6.45, 7) is 3.97. The lowest BCUT2D eigenvalue weighted by Gasteiger charge is -2.07. The van der Waals surface area contributed by atoms with Crippen molar-refractivity contribution in [3.8, 4) is 0 Å². The number of benzene rings is 2. The number of hydrogen-bond acceptors (Lipinski definition) is 1. The van der Waals surface area contributed by atoms with Gasteiger partial charge in [-0.25, -0.2) is 0 Å². The third kappa shape index (κ3) is 3.97. The number of halogens is 1. The van der Waals surface area contributed by atoms with Gasteiger partial charge in [0, 0.05) is 16.8 Å². The average Bonchev–Trinajstić information content (AvgIpc) is 2.42. The monoisotopic (exact) mass is 285 g/mol. The van der Waals surface area contributed by atoms with E-state index in [1.165, 1.54) is 6.08 Å². The van der Waals surface area contributed by atoms with Gasteiger partial charge in [-0.3, -0.25) is 4.79 Å². The van der Waals surface area contributed by atoms with Gasteiger partial charge in [0.05, 0.1) is 0 Å². The van der Waals surface area contributed by atoms with Crippen LogP contribution in [0.4, 0.5) is 5.69 Å². The Bertz CT molecular complexity index is 645. The summed E-state index contributed by atoms with van der Waals surface area (Å²) in [6.07, 6.45) is 3.28. The fraction of sp³-hybridized carbons (Fsp3) is 0.118. The van der Waals surface area contributed by atoms with Gasteiger partial charge in [0.15, 0.2) is 0 Å². The second kappa shape index (κ2) is 6.40. The zero-order valence-electron chi connectivity index (χ0n) is 11.5. The number of hydrogen-bond donors (Lipinski definition) is 1. The van der Waals surface area contributed by atoms with Crippen molar-refractivity contribution in [2.45, 2.75) is 13.8 Å². The first-order chi connectivity index (χ1) is 9.54. The van der Waals surface area contributed by atoms with Crippen LogP contribution < -0.4 is 5.32 Å². The van der Waals surface area contributed by atoms with Gasteiger partial charge in [-0.1, -0.05) is 35.9 Å². The van der Waals surface area contributed by atoms with Gasteiger partial charge in [-0.2, -0.15) is 0 Å². The summed E-state index contributed by atoms with van der Waals surface area (Å²) < 4.78 is 0. The summed E-state index contributed by atoms with van der Waals surface area (Å²) in [5.41, 5.74) is 3.94. The Kier molecular flexibility index (Phi) is 4.59. The smallest absolute Gasteiger partial charge is 0.248 e. The van der Waals surface area contributed by atoms with Crippen molar-refractivity contribution in [1.29, 1.82) is 0 Å². The quantitative estimate of drug-likeness (QED) is 0.820. The molecule has 0 unspecified atom stereocenters. The molecule has 0 heterocycles. The van der Waals surface area contributed by atoms with Crippen molar-refractivity contribution in [2.24, 2.45) is 0 Å². The Hall–Kier alpha value is -2.06. The Morgan fingerprint density at radius 1 is 1.10 bits per heavy atom. The van der Waals surface area contributed by atoms with Crippen LogP contribution >= 0.6 is 11.6 Å². The van der Waals surface area contributed by atoms with E-state index in [4.69, 9.17) is 11.6 Å². The van der Waals surface area contributed by atoms with Crippen LogP contribution in [0.1, 0.15) is 16.7 Å². The van der Waals surface area contributed by atoms with E-state index in [2.05, 4.69) is 5.32 Å². The Labute approximate surface area is 124 Å². The first-order valence-corrected chi connectivity index (χ1v) is 6.74. The molecule has 20 heavy (non-hydrogen) atoms. The van der Waals surface area contributed by atoms with Gasteiger partial charge in [0.2, 0.25) is 5.91 Å². The topological polar surface area (TPSA) is 29.1 Å². The van der Waals surface area contributed by atoms with Crippen LogP contribution in [0, 0.1) is 13.8 Å². The van der Waals surface area contributed by atoms with Crippen LogP contribution in [0.3, 0.4) is 0 Å². The Balaban J connectivity index is 2.05. The predicted octanol–water partition coefficient (Wildman–Crippen LogP) is 4.61. The molecule has 2 rings (SSSR count). The molecule has 102 valence electrons. The van der Waals surface area contributed by atoms with Crippen LogP contribution in [0.5, 0.6) is 0 Å². The molecule has 0 saturated carbocycles. The minimum absolute atomic E-state index is 0.145. The minimum Gasteiger partial charge on any atom is -0.322 e. The molecule has 2 nitrogen and oxygen atoms in total. The molecule has 0 aliphatic heterocycles. The van der Waals surface area contributed by atoms with Crippen LogP contribution in [0.25, 0.3) is 6.08 Å². The van der Waals surface area contributed by atoms with Crippen molar-refractivity contribution in [1.82, 2.24) is 0 Å². The molecule has 1 N–H and O–H groups in total. The maximum Gasteiger partial charge on any atom is 0.248 e. The van der Waals surface area contributed by atoms with Crippen molar-refractivity contribution >= 4 is 29.3 Å². The SMILES string of the molecule is Cc1ccc(C)c(NC(=O)/C=C/c2ccc(Cl)cc2)c1. The molecule has 0 atom stereocenters. The molecule has 1 amide bonds. The molecule has 0 bridgehead atoms. The third-order valence-corrected chi connectivity index (χ3v) is 3.20. The first-order valence-electron chi connectivity index (χ1n) is 6.36. The fourth-order valence-electron chi connectivity index (χ4n) is 1.79. The van der Waals surface area contributed by atoms with Gasteiger partial charge in [-0.15, -0.1) is 0 Å². The largest absolute Gasteiger partial charge is 0.322 e. The van der Waals surface area contributed by atoms with Gasteiger partial charge in [-0.05, 0) is 54.8 Å². The molecule has 0 saturated heterocycles. The lowest BCUT2D eigenvalue weighted by Crippen LogP contribution is -2.09. The summed E-state index contributed by atoms with van der Waals surface area (Å²) in [7, 11) is 0. The van der Waals surface area contributed by atoms with Gasteiger partial charge in [0.25, 0.3) is 0 Å². The second-order valence-electron chi connectivity index (χ2n) is 4.69. The number of amides is 1. The van der Waals surface area contributed by atoms with Crippen molar-refractivity contribution < 1.29 is 4.79 Å². The second-order valence-corrected chi connectivity index (χ2v) is 5.13. The maximum absolute atomic E-state index is 11.9. The van der Waals surface area contributed by atoms with E-state index in [0.29, 0.717) is 5.02 Å². The molecule has 0 aliphatic rings.